The summed E-state index contributed by atoms with van der Waals surface area (Å²) in [7, 11) is 1.98. The number of hydrogen-bond acceptors (Lipinski definition) is 4. The number of nitrogens with zero attached hydrogens (tertiary/aromatic N) is 2. The molecule has 2 aromatic rings. The number of hydrogen-bond donors (Lipinski definition) is 1. The van der Waals surface area contributed by atoms with Gasteiger partial charge in [0.1, 0.15) is 0 Å². The summed E-state index contributed by atoms with van der Waals surface area (Å²) in [5, 5.41) is 7.41. The number of aryl methyl sites for hydroxylation is 1. The summed E-state index contributed by atoms with van der Waals surface area (Å²) in [5.41, 5.74) is 2.32. The Balaban J connectivity index is 2.06. The van der Waals surface area contributed by atoms with Crippen molar-refractivity contribution in [2.24, 2.45) is 5.92 Å². The van der Waals surface area contributed by atoms with Crippen LogP contribution in [0, 0.1) is 5.92 Å². The van der Waals surface area contributed by atoms with E-state index >= 15 is 0 Å². The first kappa shape index (κ1) is 15.7. The second-order valence-electron chi connectivity index (χ2n) is 5.88. The van der Waals surface area contributed by atoms with E-state index in [0.717, 1.165) is 24.8 Å². The third kappa shape index (κ3) is 4.39. The van der Waals surface area contributed by atoms with E-state index in [0.29, 0.717) is 23.7 Å². The molecule has 4 heteroatoms. The first-order valence-electron chi connectivity index (χ1n) is 7.71. The van der Waals surface area contributed by atoms with Gasteiger partial charge in [-0.05, 0) is 31.4 Å². The molecule has 0 saturated carbocycles. The molecular formula is C17H25N3O. The SMILES string of the molecule is CCc1ccc(-c2noc(CC(CC(C)C)NC)n2)cc1. The first-order chi connectivity index (χ1) is 10.1. The molecule has 0 aliphatic carbocycles. The lowest BCUT2D eigenvalue weighted by atomic mass is 10.0. The van der Waals surface area contributed by atoms with Crippen LogP contribution in [0.4, 0.5) is 0 Å². The van der Waals surface area contributed by atoms with Gasteiger partial charge in [-0.1, -0.05) is 50.2 Å². The lowest BCUT2D eigenvalue weighted by Gasteiger charge is -2.15. The Labute approximate surface area is 127 Å². The molecule has 0 radical (unpaired) electrons. The maximum absolute atomic E-state index is 5.39. The summed E-state index contributed by atoms with van der Waals surface area (Å²) in [6.07, 6.45) is 2.91. The van der Waals surface area contributed by atoms with Gasteiger partial charge >= 0.3 is 0 Å². The normalized spacial score (nSPS) is 12.8. The summed E-state index contributed by atoms with van der Waals surface area (Å²) in [6.45, 7) is 6.59. The van der Waals surface area contributed by atoms with E-state index in [-0.39, 0.29) is 0 Å². The van der Waals surface area contributed by atoms with Crippen molar-refractivity contribution in [3.63, 3.8) is 0 Å². The van der Waals surface area contributed by atoms with Crippen molar-refractivity contribution < 1.29 is 4.52 Å². The second kappa shape index (κ2) is 7.36. The van der Waals surface area contributed by atoms with Crippen LogP contribution < -0.4 is 5.32 Å². The monoisotopic (exact) mass is 287 g/mol. The standard InChI is InChI=1S/C17H25N3O/c1-5-13-6-8-14(9-7-13)17-19-16(21-20-17)11-15(18-4)10-12(2)3/h6-9,12,15,18H,5,10-11H2,1-4H3. The van der Waals surface area contributed by atoms with Crippen molar-refractivity contribution in [2.45, 2.75) is 46.1 Å². The smallest absolute Gasteiger partial charge is 0.228 e. The fourth-order valence-electron chi connectivity index (χ4n) is 2.43. The van der Waals surface area contributed by atoms with Crippen molar-refractivity contribution in [3.05, 3.63) is 35.7 Å². The number of likely N-dealkylation sites (N-methyl/N-ethyl adjacent to an activating group) is 1. The van der Waals surface area contributed by atoms with Gasteiger partial charge in [0.15, 0.2) is 0 Å². The van der Waals surface area contributed by atoms with Gasteiger partial charge in [0, 0.05) is 18.0 Å². The molecule has 114 valence electrons. The highest BCUT2D eigenvalue weighted by atomic mass is 16.5. The zero-order chi connectivity index (χ0) is 15.2. The molecule has 0 saturated heterocycles. The Bertz CT molecular complexity index is 545. The lowest BCUT2D eigenvalue weighted by molar-refractivity contribution is 0.345. The number of benzene rings is 1. The summed E-state index contributed by atoms with van der Waals surface area (Å²) in [4.78, 5) is 4.51. The highest BCUT2D eigenvalue weighted by Crippen LogP contribution is 2.18. The van der Waals surface area contributed by atoms with Crippen LogP contribution in [-0.2, 0) is 12.8 Å². The van der Waals surface area contributed by atoms with Crippen LogP contribution in [0.15, 0.2) is 28.8 Å². The minimum absolute atomic E-state index is 0.376. The molecule has 0 aliphatic rings. The molecule has 1 N–H and O–H groups in total. The van der Waals surface area contributed by atoms with Crippen LogP contribution in [0.1, 0.15) is 38.6 Å². The Kier molecular flexibility index (Phi) is 5.51. The molecule has 1 heterocycles. The van der Waals surface area contributed by atoms with Crippen molar-refractivity contribution in [2.75, 3.05) is 7.05 Å². The van der Waals surface area contributed by atoms with Gasteiger partial charge in [0.05, 0.1) is 0 Å². The summed E-state index contributed by atoms with van der Waals surface area (Å²) >= 11 is 0. The first-order valence-corrected chi connectivity index (χ1v) is 7.71. The highest BCUT2D eigenvalue weighted by molar-refractivity contribution is 5.54. The Morgan fingerprint density at radius 2 is 1.90 bits per heavy atom. The molecule has 1 unspecified atom stereocenters. The lowest BCUT2D eigenvalue weighted by Crippen LogP contribution is -2.29. The predicted octanol–water partition coefficient (Wildman–Crippen LogP) is 3.48. The predicted molar refractivity (Wildman–Crippen MR) is 85.1 cm³/mol. The van der Waals surface area contributed by atoms with Crippen LogP contribution in [0.2, 0.25) is 0 Å². The molecule has 0 amide bonds. The van der Waals surface area contributed by atoms with Gasteiger partial charge in [-0.3, -0.25) is 0 Å². The van der Waals surface area contributed by atoms with Crippen LogP contribution in [0.3, 0.4) is 0 Å². The fourth-order valence-corrected chi connectivity index (χ4v) is 2.43. The van der Waals surface area contributed by atoms with Gasteiger partial charge in [-0.25, -0.2) is 0 Å². The third-order valence-corrected chi connectivity index (χ3v) is 3.67. The maximum Gasteiger partial charge on any atom is 0.228 e. The van der Waals surface area contributed by atoms with Gasteiger partial charge in [-0.2, -0.15) is 4.98 Å². The zero-order valence-electron chi connectivity index (χ0n) is 13.4. The van der Waals surface area contributed by atoms with Gasteiger partial charge in [0.25, 0.3) is 0 Å². The summed E-state index contributed by atoms with van der Waals surface area (Å²) < 4.78 is 5.39. The molecule has 0 aliphatic heterocycles. The van der Waals surface area contributed by atoms with Crippen LogP contribution in [0.5, 0.6) is 0 Å². The summed E-state index contributed by atoms with van der Waals surface area (Å²) in [5.74, 6) is 2.02. The molecule has 21 heavy (non-hydrogen) atoms. The Hall–Kier alpha value is -1.68. The maximum atomic E-state index is 5.39. The minimum atomic E-state index is 0.376. The van der Waals surface area contributed by atoms with Crippen LogP contribution in [0.25, 0.3) is 11.4 Å². The number of nitrogens with one attached hydrogen (secondary N) is 1. The third-order valence-electron chi connectivity index (χ3n) is 3.67. The molecule has 2 rings (SSSR count). The van der Waals surface area contributed by atoms with Crippen molar-refractivity contribution >= 4 is 0 Å². The zero-order valence-corrected chi connectivity index (χ0v) is 13.4. The largest absolute Gasteiger partial charge is 0.339 e. The van der Waals surface area contributed by atoms with E-state index in [1.54, 1.807) is 0 Å². The van der Waals surface area contributed by atoms with Crippen molar-refractivity contribution in [3.8, 4) is 11.4 Å². The Morgan fingerprint density at radius 1 is 1.19 bits per heavy atom. The molecular weight excluding hydrogens is 262 g/mol. The highest BCUT2D eigenvalue weighted by Gasteiger charge is 2.15. The molecule has 0 bridgehead atoms. The Morgan fingerprint density at radius 3 is 2.48 bits per heavy atom. The van der Waals surface area contributed by atoms with E-state index < -0.39 is 0 Å². The van der Waals surface area contributed by atoms with Gasteiger partial charge in [-0.15, -0.1) is 0 Å². The van der Waals surface area contributed by atoms with E-state index in [1.165, 1.54) is 5.56 Å². The van der Waals surface area contributed by atoms with E-state index in [4.69, 9.17) is 4.52 Å². The van der Waals surface area contributed by atoms with Crippen LogP contribution >= 0.6 is 0 Å². The molecule has 0 spiro atoms. The second-order valence-corrected chi connectivity index (χ2v) is 5.88. The van der Waals surface area contributed by atoms with Gasteiger partial charge < -0.3 is 9.84 Å². The van der Waals surface area contributed by atoms with E-state index in [9.17, 15) is 0 Å². The van der Waals surface area contributed by atoms with E-state index in [2.05, 4.69) is 60.5 Å². The number of aromatic nitrogens is 2. The van der Waals surface area contributed by atoms with Crippen LogP contribution in [-0.4, -0.2) is 23.2 Å². The molecule has 1 atom stereocenters. The van der Waals surface area contributed by atoms with E-state index in [1.807, 2.05) is 7.05 Å². The average molecular weight is 287 g/mol. The summed E-state index contributed by atoms with van der Waals surface area (Å²) in [6, 6.07) is 8.70. The molecule has 1 aromatic heterocycles. The molecule has 4 nitrogen and oxygen atoms in total. The van der Waals surface area contributed by atoms with Crippen molar-refractivity contribution in [1.82, 2.24) is 15.5 Å². The average Bonchev–Trinajstić information content (AvgIpc) is 2.94. The number of rotatable bonds is 7. The molecule has 1 aromatic carbocycles. The minimum Gasteiger partial charge on any atom is -0.339 e. The fraction of sp³-hybridized carbons (Fsp3) is 0.529. The van der Waals surface area contributed by atoms with Crippen molar-refractivity contribution in [1.29, 1.82) is 0 Å². The molecule has 0 fully saturated rings. The van der Waals surface area contributed by atoms with Gasteiger partial charge in [0.2, 0.25) is 11.7 Å². The quantitative estimate of drug-likeness (QED) is 0.847. The topological polar surface area (TPSA) is 51.0 Å².